The average Bonchev–Trinajstić information content (AvgIpc) is 2.69. The van der Waals surface area contributed by atoms with Crippen molar-refractivity contribution in [3.05, 3.63) is 89.4 Å². The zero-order valence-corrected chi connectivity index (χ0v) is 14.9. The van der Waals surface area contributed by atoms with Gasteiger partial charge in [-0.25, -0.2) is 9.97 Å². The van der Waals surface area contributed by atoms with Gasteiger partial charge < -0.3 is 5.32 Å². The van der Waals surface area contributed by atoms with E-state index in [0.717, 1.165) is 35.2 Å². The summed E-state index contributed by atoms with van der Waals surface area (Å²) in [6, 6.07) is 26.1. The number of nitrogens with one attached hydrogen (secondary N) is 1. The number of nitrogens with zero attached hydrogens (tertiary/aromatic N) is 2. The van der Waals surface area contributed by atoms with E-state index < -0.39 is 0 Å². The molecule has 128 valence electrons. The van der Waals surface area contributed by atoms with Crippen molar-refractivity contribution >= 4 is 28.3 Å². The van der Waals surface area contributed by atoms with Gasteiger partial charge in [0.05, 0.1) is 5.52 Å². The monoisotopic (exact) mass is 359 g/mol. The molecule has 26 heavy (non-hydrogen) atoms. The van der Waals surface area contributed by atoms with Gasteiger partial charge in [0.15, 0.2) is 5.82 Å². The fourth-order valence-electron chi connectivity index (χ4n) is 2.91. The van der Waals surface area contributed by atoms with Gasteiger partial charge in [0.25, 0.3) is 0 Å². The third kappa shape index (κ3) is 3.68. The summed E-state index contributed by atoms with van der Waals surface area (Å²) in [4.78, 5) is 9.47. The predicted molar refractivity (Wildman–Crippen MR) is 109 cm³/mol. The van der Waals surface area contributed by atoms with Crippen molar-refractivity contribution in [2.24, 2.45) is 0 Å². The number of fused-ring (bicyclic) bond motifs is 1. The molecule has 0 aliphatic carbocycles. The predicted octanol–water partition coefficient (Wildman–Crippen LogP) is 5.60. The van der Waals surface area contributed by atoms with Gasteiger partial charge in [-0.15, -0.1) is 0 Å². The Morgan fingerprint density at radius 2 is 1.50 bits per heavy atom. The molecule has 4 heteroatoms. The van der Waals surface area contributed by atoms with Crippen molar-refractivity contribution in [1.29, 1.82) is 0 Å². The molecule has 0 spiro atoms. The van der Waals surface area contributed by atoms with Crippen molar-refractivity contribution in [2.75, 3.05) is 11.9 Å². The van der Waals surface area contributed by atoms with Crippen LogP contribution in [-0.4, -0.2) is 16.5 Å². The number of aromatic nitrogens is 2. The van der Waals surface area contributed by atoms with Crippen molar-refractivity contribution in [2.45, 2.75) is 6.42 Å². The zero-order valence-electron chi connectivity index (χ0n) is 14.2. The first-order chi connectivity index (χ1) is 12.8. The van der Waals surface area contributed by atoms with E-state index in [2.05, 4.69) is 29.6 Å². The molecule has 0 saturated carbocycles. The Hall–Kier alpha value is -2.91. The Morgan fingerprint density at radius 3 is 2.31 bits per heavy atom. The first-order valence-electron chi connectivity index (χ1n) is 8.60. The minimum atomic E-state index is 0.697. The van der Waals surface area contributed by atoms with Crippen molar-refractivity contribution in [3.8, 4) is 11.4 Å². The Labute approximate surface area is 157 Å². The molecule has 4 aromatic rings. The summed E-state index contributed by atoms with van der Waals surface area (Å²) >= 11 is 6.00. The third-order valence-corrected chi connectivity index (χ3v) is 4.51. The van der Waals surface area contributed by atoms with E-state index in [9.17, 15) is 0 Å². The fourth-order valence-corrected chi connectivity index (χ4v) is 3.04. The maximum atomic E-state index is 6.00. The summed E-state index contributed by atoms with van der Waals surface area (Å²) in [5, 5.41) is 5.21. The van der Waals surface area contributed by atoms with E-state index in [1.165, 1.54) is 5.56 Å². The minimum absolute atomic E-state index is 0.697. The number of para-hydroxylation sites is 1. The lowest BCUT2D eigenvalue weighted by Crippen LogP contribution is -2.08. The second-order valence-electron chi connectivity index (χ2n) is 6.08. The van der Waals surface area contributed by atoms with Crippen LogP contribution < -0.4 is 5.32 Å². The van der Waals surface area contributed by atoms with Crippen molar-refractivity contribution < 1.29 is 0 Å². The van der Waals surface area contributed by atoms with Gasteiger partial charge in [0.1, 0.15) is 5.82 Å². The molecule has 0 amide bonds. The highest BCUT2D eigenvalue weighted by Gasteiger charge is 2.09. The molecule has 0 aliphatic rings. The van der Waals surface area contributed by atoms with Gasteiger partial charge in [-0.2, -0.15) is 0 Å². The van der Waals surface area contributed by atoms with E-state index >= 15 is 0 Å². The topological polar surface area (TPSA) is 37.8 Å². The molecule has 1 heterocycles. The quantitative estimate of drug-likeness (QED) is 0.503. The number of hydrogen-bond acceptors (Lipinski definition) is 3. The Morgan fingerprint density at radius 1 is 0.769 bits per heavy atom. The standard InChI is InChI=1S/C22H18ClN3/c23-18-12-10-17(11-13-18)21-25-20-9-5-4-8-19(20)22(26-21)24-15-14-16-6-2-1-3-7-16/h1-13H,14-15H2,(H,24,25,26). The normalized spacial score (nSPS) is 10.8. The van der Waals surface area contributed by atoms with Crippen LogP contribution in [0.1, 0.15) is 5.56 Å². The highest BCUT2D eigenvalue weighted by Crippen LogP contribution is 2.25. The molecule has 3 nitrogen and oxygen atoms in total. The van der Waals surface area contributed by atoms with E-state index in [1.807, 2.05) is 54.6 Å². The molecule has 0 bridgehead atoms. The largest absolute Gasteiger partial charge is 0.369 e. The molecule has 3 aromatic carbocycles. The van der Waals surface area contributed by atoms with Gasteiger partial charge >= 0.3 is 0 Å². The molecular weight excluding hydrogens is 342 g/mol. The Bertz CT molecular complexity index is 1010. The first-order valence-corrected chi connectivity index (χ1v) is 8.98. The van der Waals surface area contributed by atoms with E-state index in [0.29, 0.717) is 10.8 Å². The highest BCUT2D eigenvalue weighted by molar-refractivity contribution is 6.30. The Balaban J connectivity index is 1.64. The molecule has 0 radical (unpaired) electrons. The van der Waals surface area contributed by atoms with Crippen LogP contribution in [0.15, 0.2) is 78.9 Å². The van der Waals surface area contributed by atoms with Gasteiger partial charge in [0, 0.05) is 22.5 Å². The summed E-state index contributed by atoms with van der Waals surface area (Å²) in [6.45, 7) is 0.811. The lowest BCUT2D eigenvalue weighted by Gasteiger charge is -2.11. The Kier molecular flexibility index (Phi) is 4.80. The summed E-state index contributed by atoms with van der Waals surface area (Å²) in [5.41, 5.74) is 3.18. The number of halogens is 1. The molecule has 1 N–H and O–H groups in total. The van der Waals surface area contributed by atoms with Crippen LogP contribution in [0.4, 0.5) is 5.82 Å². The number of rotatable bonds is 5. The van der Waals surface area contributed by atoms with Crippen LogP contribution in [-0.2, 0) is 6.42 Å². The zero-order chi connectivity index (χ0) is 17.8. The molecule has 0 aliphatic heterocycles. The molecule has 1 aromatic heterocycles. The summed E-state index contributed by atoms with van der Waals surface area (Å²) in [5.74, 6) is 1.55. The maximum Gasteiger partial charge on any atom is 0.162 e. The number of benzene rings is 3. The van der Waals surface area contributed by atoms with Crippen LogP contribution >= 0.6 is 11.6 Å². The summed E-state index contributed by atoms with van der Waals surface area (Å²) in [7, 11) is 0. The lowest BCUT2D eigenvalue weighted by molar-refractivity contribution is 1.01. The first kappa shape index (κ1) is 16.6. The molecule has 0 saturated heterocycles. The van der Waals surface area contributed by atoms with Gasteiger partial charge in [0.2, 0.25) is 0 Å². The average molecular weight is 360 g/mol. The van der Waals surface area contributed by atoms with Crippen LogP contribution in [0, 0.1) is 0 Å². The summed E-state index contributed by atoms with van der Waals surface area (Å²) < 4.78 is 0. The lowest BCUT2D eigenvalue weighted by atomic mass is 10.1. The SMILES string of the molecule is Clc1ccc(-c2nc(NCCc3ccccc3)c3ccccc3n2)cc1. The summed E-state index contributed by atoms with van der Waals surface area (Å²) in [6.07, 6.45) is 0.940. The molecule has 0 fully saturated rings. The number of anilines is 1. The van der Waals surface area contributed by atoms with E-state index in [-0.39, 0.29) is 0 Å². The smallest absolute Gasteiger partial charge is 0.162 e. The molecule has 4 rings (SSSR count). The van der Waals surface area contributed by atoms with Crippen molar-refractivity contribution in [3.63, 3.8) is 0 Å². The second kappa shape index (κ2) is 7.54. The molecular formula is C22H18ClN3. The van der Waals surface area contributed by atoms with Crippen molar-refractivity contribution in [1.82, 2.24) is 9.97 Å². The molecule has 0 unspecified atom stereocenters. The van der Waals surface area contributed by atoms with E-state index in [1.54, 1.807) is 0 Å². The fraction of sp³-hybridized carbons (Fsp3) is 0.0909. The third-order valence-electron chi connectivity index (χ3n) is 4.25. The number of hydrogen-bond donors (Lipinski definition) is 1. The van der Waals surface area contributed by atoms with Crippen LogP contribution in [0.2, 0.25) is 5.02 Å². The van der Waals surface area contributed by atoms with Crippen LogP contribution in [0.5, 0.6) is 0 Å². The highest BCUT2D eigenvalue weighted by atomic mass is 35.5. The minimum Gasteiger partial charge on any atom is -0.369 e. The second-order valence-corrected chi connectivity index (χ2v) is 6.52. The van der Waals surface area contributed by atoms with Gasteiger partial charge in [-0.1, -0.05) is 54.1 Å². The van der Waals surface area contributed by atoms with Crippen LogP contribution in [0.3, 0.4) is 0 Å². The maximum absolute atomic E-state index is 6.00. The van der Waals surface area contributed by atoms with Gasteiger partial charge in [-0.3, -0.25) is 0 Å². The van der Waals surface area contributed by atoms with E-state index in [4.69, 9.17) is 21.6 Å². The molecule has 0 atom stereocenters. The van der Waals surface area contributed by atoms with Crippen LogP contribution in [0.25, 0.3) is 22.3 Å². The van der Waals surface area contributed by atoms with Gasteiger partial charge in [-0.05, 0) is 48.4 Å².